The van der Waals surface area contributed by atoms with E-state index in [-0.39, 0.29) is 4.75 Å². The normalized spacial score (nSPS) is 12.5. The van der Waals surface area contributed by atoms with Crippen molar-refractivity contribution in [2.45, 2.75) is 31.6 Å². The van der Waals surface area contributed by atoms with E-state index in [4.69, 9.17) is 9.84 Å². The molecule has 1 atom stereocenters. The zero-order chi connectivity index (χ0) is 15.9. The van der Waals surface area contributed by atoms with Gasteiger partial charge in [0.1, 0.15) is 12.6 Å². The SMILES string of the molecule is CC(C)(C)SCC(OC(=O)NCC(=O)O)c1ccccc1. The Morgan fingerprint density at radius 2 is 1.90 bits per heavy atom. The summed E-state index contributed by atoms with van der Waals surface area (Å²) in [5, 5.41) is 10.8. The van der Waals surface area contributed by atoms with Crippen LogP contribution in [-0.4, -0.2) is 34.2 Å². The van der Waals surface area contributed by atoms with Crippen molar-refractivity contribution in [3.63, 3.8) is 0 Å². The highest BCUT2D eigenvalue weighted by molar-refractivity contribution is 8.00. The second-order valence-electron chi connectivity index (χ2n) is 5.48. The molecule has 116 valence electrons. The Morgan fingerprint density at radius 3 is 2.43 bits per heavy atom. The lowest BCUT2D eigenvalue weighted by atomic mass is 10.1. The summed E-state index contributed by atoms with van der Waals surface area (Å²) in [5.41, 5.74) is 0.889. The van der Waals surface area contributed by atoms with Crippen molar-refractivity contribution >= 4 is 23.8 Å². The van der Waals surface area contributed by atoms with Crippen LogP contribution >= 0.6 is 11.8 Å². The number of carboxylic acids is 1. The van der Waals surface area contributed by atoms with Gasteiger partial charge in [0.25, 0.3) is 0 Å². The van der Waals surface area contributed by atoms with Gasteiger partial charge in [-0.2, -0.15) is 11.8 Å². The molecule has 0 saturated heterocycles. The summed E-state index contributed by atoms with van der Waals surface area (Å²) >= 11 is 1.68. The summed E-state index contributed by atoms with van der Waals surface area (Å²) in [6.45, 7) is 5.81. The van der Waals surface area contributed by atoms with Gasteiger partial charge < -0.3 is 15.2 Å². The smallest absolute Gasteiger partial charge is 0.408 e. The van der Waals surface area contributed by atoms with Crippen LogP contribution in [-0.2, 0) is 9.53 Å². The molecule has 1 amide bonds. The van der Waals surface area contributed by atoms with Gasteiger partial charge in [0.2, 0.25) is 0 Å². The number of hydrogen-bond acceptors (Lipinski definition) is 4. The summed E-state index contributed by atoms with van der Waals surface area (Å²) in [6.07, 6.45) is -1.13. The average molecular weight is 311 g/mol. The lowest BCUT2D eigenvalue weighted by Crippen LogP contribution is -2.31. The Hall–Kier alpha value is -1.69. The number of ether oxygens (including phenoxy) is 1. The number of aliphatic carboxylic acids is 1. The van der Waals surface area contributed by atoms with E-state index in [1.165, 1.54) is 0 Å². The maximum Gasteiger partial charge on any atom is 0.408 e. The zero-order valence-electron chi connectivity index (χ0n) is 12.5. The molecule has 5 nitrogen and oxygen atoms in total. The number of carboxylic acid groups (broad SMARTS) is 1. The Kier molecular flexibility index (Phi) is 6.55. The number of amides is 1. The van der Waals surface area contributed by atoms with Gasteiger partial charge >= 0.3 is 12.1 Å². The first-order valence-corrected chi connectivity index (χ1v) is 7.61. The van der Waals surface area contributed by atoms with Crippen LogP contribution in [0.4, 0.5) is 4.79 Å². The molecular formula is C15H21NO4S. The van der Waals surface area contributed by atoms with Crippen LogP contribution in [0, 0.1) is 0 Å². The Morgan fingerprint density at radius 1 is 1.29 bits per heavy atom. The number of rotatable bonds is 6. The summed E-state index contributed by atoms with van der Waals surface area (Å²) in [4.78, 5) is 22.1. The lowest BCUT2D eigenvalue weighted by molar-refractivity contribution is -0.135. The first-order valence-electron chi connectivity index (χ1n) is 6.63. The van der Waals surface area contributed by atoms with Gasteiger partial charge in [-0.25, -0.2) is 4.79 Å². The summed E-state index contributed by atoms with van der Waals surface area (Å²) in [6, 6.07) is 9.42. The molecule has 1 aromatic rings. The van der Waals surface area contributed by atoms with Crippen molar-refractivity contribution in [1.82, 2.24) is 5.32 Å². The van der Waals surface area contributed by atoms with E-state index in [0.29, 0.717) is 5.75 Å². The zero-order valence-corrected chi connectivity index (χ0v) is 13.3. The van der Waals surface area contributed by atoms with Crippen LogP contribution in [0.3, 0.4) is 0 Å². The van der Waals surface area contributed by atoms with Crippen LogP contribution in [0.5, 0.6) is 0 Å². The molecule has 0 aliphatic heterocycles. The number of hydrogen-bond donors (Lipinski definition) is 2. The molecule has 0 saturated carbocycles. The number of nitrogens with one attached hydrogen (secondary N) is 1. The highest BCUT2D eigenvalue weighted by atomic mass is 32.2. The van der Waals surface area contributed by atoms with Gasteiger partial charge in [-0.15, -0.1) is 0 Å². The van der Waals surface area contributed by atoms with Crippen molar-refractivity contribution < 1.29 is 19.4 Å². The molecule has 0 aliphatic carbocycles. The summed E-state index contributed by atoms with van der Waals surface area (Å²) < 4.78 is 5.40. The average Bonchev–Trinajstić information content (AvgIpc) is 2.41. The lowest BCUT2D eigenvalue weighted by Gasteiger charge is -2.23. The van der Waals surface area contributed by atoms with E-state index < -0.39 is 24.7 Å². The van der Waals surface area contributed by atoms with E-state index >= 15 is 0 Å². The molecule has 21 heavy (non-hydrogen) atoms. The molecule has 0 heterocycles. The van der Waals surface area contributed by atoms with E-state index in [9.17, 15) is 9.59 Å². The Balaban J connectivity index is 2.68. The third-order valence-electron chi connectivity index (χ3n) is 2.47. The van der Waals surface area contributed by atoms with Crippen molar-refractivity contribution in [3.8, 4) is 0 Å². The number of benzene rings is 1. The summed E-state index contributed by atoms with van der Waals surface area (Å²) in [5.74, 6) is -0.499. The van der Waals surface area contributed by atoms with Gasteiger partial charge in [-0.1, -0.05) is 51.1 Å². The standard InChI is InChI=1S/C15H21NO4S/c1-15(2,3)21-10-12(11-7-5-4-6-8-11)20-14(19)16-9-13(17)18/h4-8,12H,9-10H2,1-3H3,(H,16,19)(H,17,18). The van der Waals surface area contributed by atoms with Gasteiger partial charge in [0, 0.05) is 10.5 Å². The van der Waals surface area contributed by atoms with E-state index in [2.05, 4.69) is 26.1 Å². The van der Waals surface area contributed by atoms with Crippen LogP contribution in [0.2, 0.25) is 0 Å². The molecular weight excluding hydrogens is 290 g/mol. The molecule has 0 radical (unpaired) electrons. The number of carbonyl (C=O) groups excluding carboxylic acids is 1. The second-order valence-corrected chi connectivity index (χ2v) is 7.32. The van der Waals surface area contributed by atoms with Crippen LogP contribution in [0.25, 0.3) is 0 Å². The van der Waals surface area contributed by atoms with E-state index in [0.717, 1.165) is 5.56 Å². The summed E-state index contributed by atoms with van der Waals surface area (Å²) in [7, 11) is 0. The van der Waals surface area contributed by atoms with Gasteiger partial charge in [0.05, 0.1) is 0 Å². The van der Waals surface area contributed by atoms with Crippen LogP contribution in [0.15, 0.2) is 30.3 Å². The Labute approximate surface area is 129 Å². The van der Waals surface area contributed by atoms with Crippen LogP contribution < -0.4 is 5.32 Å². The topological polar surface area (TPSA) is 75.6 Å². The van der Waals surface area contributed by atoms with E-state index in [1.54, 1.807) is 11.8 Å². The predicted molar refractivity (Wildman–Crippen MR) is 83.5 cm³/mol. The molecule has 0 bridgehead atoms. The molecule has 1 unspecified atom stereocenters. The van der Waals surface area contributed by atoms with Gasteiger partial charge in [-0.3, -0.25) is 4.79 Å². The highest BCUT2D eigenvalue weighted by Crippen LogP contribution is 2.30. The number of alkyl carbamates (subject to hydrolysis) is 1. The fraction of sp³-hybridized carbons (Fsp3) is 0.467. The molecule has 0 aliphatic rings. The van der Waals surface area contributed by atoms with Crippen molar-refractivity contribution in [1.29, 1.82) is 0 Å². The molecule has 6 heteroatoms. The monoisotopic (exact) mass is 311 g/mol. The molecule has 0 aromatic heterocycles. The third kappa shape index (κ3) is 7.60. The molecule has 0 spiro atoms. The molecule has 2 N–H and O–H groups in total. The fourth-order valence-electron chi connectivity index (χ4n) is 1.51. The first kappa shape index (κ1) is 17.4. The van der Waals surface area contributed by atoms with Crippen molar-refractivity contribution in [2.75, 3.05) is 12.3 Å². The number of carbonyl (C=O) groups is 2. The third-order valence-corrected chi connectivity index (χ3v) is 3.81. The minimum absolute atomic E-state index is 0.0495. The molecule has 0 fully saturated rings. The van der Waals surface area contributed by atoms with Gasteiger partial charge in [0.15, 0.2) is 0 Å². The number of thioether (sulfide) groups is 1. The highest BCUT2D eigenvalue weighted by Gasteiger charge is 2.20. The maximum atomic E-state index is 11.6. The van der Waals surface area contributed by atoms with Gasteiger partial charge in [-0.05, 0) is 5.56 Å². The fourth-order valence-corrected chi connectivity index (χ4v) is 2.42. The largest absolute Gasteiger partial charge is 0.480 e. The van der Waals surface area contributed by atoms with E-state index in [1.807, 2.05) is 30.3 Å². The maximum absolute atomic E-state index is 11.6. The van der Waals surface area contributed by atoms with Crippen molar-refractivity contribution in [3.05, 3.63) is 35.9 Å². The van der Waals surface area contributed by atoms with Crippen molar-refractivity contribution in [2.24, 2.45) is 0 Å². The van der Waals surface area contributed by atoms with Crippen LogP contribution in [0.1, 0.15) is 32.4 Å². The second kappa shape index (κ2) is 7.93. The molecule has 1 rings (SSSR count). The Bertz CT molecular complexity index is 470. The first-order chi connectivity index (χ1) is 9.78. The quantitative estimate of drug-likeness (QED) is 0.844. The predicted octanol–water partition coefficient (Wildman–Crippen LogP) is 3.07. The minimum atomic E-state index is -1.10. The molecule has 1 aromatic carbocycles. The minimum Gasteiger partial charge on any atom is -0.480 e.